The van der Waals surface area contributed by atoms with Gasteiger partial charge in [-0.1, -0.05) is 12.1 Å². The molecule has 0 spiro atoms. The summed E-state index contributed by atoms with van der Waals surface area (Å²) >= 11 is 0. The predicted octanol–water partition coefficient (Wildman–Crippen LogP) is 3.97. The second-order valence-corrected chi connectivity index (χ2v) is 4.01. The van der Waals surface area contributed by atoms with Crippen molar-refractivity contribution in [1.29, 1.82) is 5.26 Å². The molecule has 2 rings (SSSR count). The van der Waals surface area contributed by atoms with E-state index < -0.39 is 0 Å². The van der Waals surface area contributed by atoms with E-state index in [9.17, 15) is 0 Å². The first kappa shape index (κ1) is 11.2. The SMILES string of the molecule is Cc1ccc(C)c(Oc2ccc(C#N)cc2)c1. The third-order valence-corrected chi connectivity index (χ3v) is 2.55. The van der Waals surface area contributed by atoms with Crippen LogP contribution >= 0.6 is 0 Å². The molecule has 0 aliphatic heterocycles. The Morgan fingerprint density at radius 1 is 1.00 bits per heavy atom. The van der Waals surface area contributed by atoms with Gasteiger partial charge in [0, 0.05) is 0 Å². The van der Waals surface area contributed by atoms with E-state index >= 15 is 0 Å². The summed E-state index contributed by atoms with van der Waals surface area (Å²) in [6.07, 6.45) is 0. The van der Waals surface area contributed by atoms with E-state index in [1.54, 1.807) is 24.3 Å². The summed E-state index contributed by atoms with van der Waals surface area (Å²) in [4.78, 5) is 0. The lowest BCUT2D eigenvalue weighted by atomic mass is 10.1. The minimum Gasteiger partial charge on any atom is -0.457 e. The molecule has 0 radical (unpaired) electrons. The van der Waals surface area contributed by atoms with E-state index in [1.165, 1.54) is 5.56 Å². The molecule has 0 aliphatic carbocycles. The van der Waals surface area contributed by atoms with Crippen molar-refractivity contribution in [2.75, 3.05) is 0 Å². The summed E-state index contributed by atoms with van der Waals surface area (Å²) in [6.45, 7) is 4.05. The lowest BCUT2D eigenvalue weighted by Gasteiger charge is -2.09. The van der Waals surface area contributed by atoms with Gasteiger partial charge in [0.25, 0.3) is 0 Å². The summed E-state index contributed by atoms with van der Waals surface area (Å²) in [5.41, 5.74) is 2.90. The van der Waals surface area contributed by atoms with E-state index in [-0.39, 0.29) is 0 Å². The Bertz CT molecular complexity index is 564. The number of benzene rings is 2. The third kappa shape index (κ3) is 2.64. The van der Waals surface area contributed by atoms with Gasteiger partial charge in [0.15, 0.2) is 0 Å². The van der Waals surface area contributed by atoms with Crippen LogP contribution in [0.25, 0.3) is 0 Å². The van der Waals surface area contributed by atoms with Crippen molar-refractivity contribution in [3.8, 4) is 17.6 Å². The summed E-state index contributed by atoms with van der Waals surface area (Å²) in [5.74, 6) is 1.60. The van der Waals surface area contributed by atoms with Crippen LogP contribution in [0.3, 0.4) is 0 Å². The van der Waals surface area contributed by atoms with Gasteiger partial charge in [-0.05, 0) is 55.3 Å². The van der Waals surface area contributed by atoms with Gasteiger partial charge in [-0.3, -0.25) is 0 Å². The maximum atomic E-state index is 8.71. The number of aryl methyl sites for hydroxylation is 2. The van der Waals surface area contributed by atoms with Crippen molar-refractivity contribution < 1.29 is 4.74 Å². The van der Waals surface area contributed by atoms with Crippen LogP contribution in [0.15, 0.2) is 42.5 Å². The number of hydrogen-bond acceptors (Lipinski definition) is 2. The summed E-state index contributed by atoms with van der Waals surface area (Å²) in [7, 11) is 0. The van der Waals surface area contributed by atoms with Crippen LogP contribution in [0.5, 0.6) is 11.5 Å². The van der Waals surface area contributed by atoms with Crippen molar-refractivity contribution in [3.05, 3.63) is 59.2 Å². The van der Waals surface area contributed by atoms with Crippen LogP contribution in [0, 0.1) is 25.2 Å². The molecule has 0 amide bonds. The molecule has 0 heterocycles. The standard InChI is InChI=1S/C15H13NO/c1-11-3-4-12(2)15(9-11)17-14-7-5-13(10-16)6-8-14/h3-9H,1-2H3. The predicted molar refractivity (Wildman–Crippen MR) is 67.1 cm³/mol. The van der Waals surface area contributed by atoms with Crippen molar-refractivity contribution >= 4 is 0 Å². The topological polar surface area (TPSA) is 33.0 Å². The van der Waals surface area contributed by atoms with Crippen LogP contribution < -0.4 is 4.74 Å². The number of nitrogens with zero attached hydrogens (tertiary/aromatic N) is 1. The normalized spacial score (nSPS) is 9.71. The van der Waals surface area contributed by atoms with Gasteiger partial charge in [0.2, 0.25) is 0 Å². The Balaban J connectivity index is 2.25. The molecular formula is C15H13NO. The van der Waals surface area contributed by atoms with Gasteiger partial charge in [0.05, 0.1) is 11.6 Å². The highest BCUT2D eigenvalue weighted by Gasteiger charge is 2.01. The van der Waals surface area contributed by atoms with Crippen LogP contribution in [0.2, 0.25) is 0 Å². The fourth-order valence-electron chi connectivity index (χ4n) is 1.54. The zero-order valence-corrected chi connectivity index (χ0v) is 9.90. The minimum absolute atomic E-state index is 0.637. The maximum absolute atomic E-state index is 8.71. The molecule has 0 bridgehead atoms. The molecule has 2 heteroatoms. The van der Waals surface area contributed by atoms with Gasteiger partial charge in [-0.15, -0.1) is 0 Å². The lowest BCUT2D eigenvalue weighted by Crippen LogP contribution is -1.88. The number of ether oxygens (including phenoxy) is 1. The van der Waals surface area contributed by atoms with E-state index in [0.29, 0.717) is 5.56 Å². The molecular weight excluding hydrogens is 210 g/mol. The van der Waals surface area contributed by atoms with Gasteiger partial charge in [0.1, 0.15) is 11.5 Å². The second-order valence-electron chi connectivity index (χ2n) is 4.01. The van der Waals surface area contributed by atoms with Crippen molar-refractivity contribution in [3.63, 3.8) is 0 Å². The monoisotopic (exact) mass is 223 g/mol. The molecule has 84 valence electrons. The molecule has 0 saturated heterocycles. The van der Waals surface area contributed by atoms with Gasteiger partial charge < -0.3 is 4.74 Å². The molecule has 2 aromatic carbocycles. The Morgan fingerprint density at radius 3 is 2.35 bits per heavy atom. The van der Waals surface area contributed by atoms with Crippen LogP contribution in [0.4, 0.5) is 0 Å². The van der Waals surface area contributed by atoms with E-state index in [2.05, 4.69) is 12.1 Å². The first-order valence-corrected chi connectivity index (χ1v) is 5.44. The van der Waals surface area contributed by atoms with Gasteiger partial charge >= 0.3 is 0 Å². The molecule has 0 N–H and O–H groups in total. The van der Waals surface area contributed by atoms with Crippen LogP contribution in [-0.4, -0.2) is 0 Å². The Morgan fingerprint density at radius 2 is 1.71 bits per heavy atom. The summed E-state index contributed by atoms with van der Waals surface area (Å²) < 4.78 is 5.78. The highest BCUT2D eigenvalue weighted by Crippen LogP contribution is 2.25. The molecule has 2 aromatic rings. The maximum Gasteiger partial charge on any atom is 0.130 e. The van der Waals surface area contributed by atoms with Gasteiger partial charge in [-0.2, -0.15) is 5.26 Å². The first-order chi connectivity index (χ1) is 8.19. The number of hydrogen-bond donors (Lipinski definition) is 0. The summed E-state index contributed by atoms with van der Waals surface area (Å²) in [6, 6.07) is 15.3. The molecule has 2 nitrogen and oxygen atoms in total. The largest absolute Gasteiger partial charge is 0.457 e. The zero-order chi connectivity index (χ0) is 12.3. The Labute approximate surface area is 101 Å². The average Bonchev–Trinajstić information content (AvgIpc) is 2.35. The Hall–Kier alpha value is -2.27. The fraction of sp³-hybridized carbons (Fsp3) is 0.133. The van der Waals surface area contributed by atoms with Crippen LogP contribution in [0.1, 0.15) is 16.7 Å². The van der Waals surface area contributed by atoms with Gasteiger partial charge in [-0.25, -0.2) is 0 Å². The first-order valence-electron chi connectivity index (χ1n) is 5.44. The highest BCUT2D eigenvalue weighted by atomic mass is 16.5. The highest BCUT2D eigenvalue weighted by molar-refractivity contribution is 5.41. The molecule has 0 atom stereocenters. The summed E-state index contributed by atoms with van der Waals surface area (Å²) in [5, 5.41) is 8.71. The van der Waals surface area contributed by atoms with E-state index in [4.69, 9.17) is 10.00 Å². The zero-order valence-electron chi connectivity index (χ0n) is 9.90. The molecule has 0 fully saturated rings. The van der Waals surface area contributed by atoms with E-state index in [1.807, 2.05) is 26.0 Å². The van der Waals surface area contributed by atoms with E-state index in [0.717, 1.165) is 17.1 Å². The molecule has 17 heavy (non-hydrogen) atoms. The molecule has 0 saturated carbocycles. The minimum atomic E-state index is 0.637. The quantitative estimate of drug-likeness (QED) is 0.771. The van der Waals surface area contributed by atoms with Crippen molar-refractivity contribution in [1.82, 2.24) is 0 Å². The van der Waals surface area contributed by atoms with Crippen molar-refractivity contribution in [2.45, 2.75) is 13.8 Å². The second kappa shape index (κ2) is 4.71. The third-order valence-electron chi connectivity index (χ3n) is 2.55. The average molecular weight is 223 g/mol. The number of nitriles is 1. The van der Waals surface area contributed by atoms with Crippen molar-refractivity contribution in [2.24, 2.45) is 0 Å². The lowest BCUT2D eigenvalue weighted by molar-refractivity contribution is 0.478. The smallest absolute Gasteiger partial charge is 0.130 e. The number of rotatable bonds is 2. The molecule has 0 aromatic heterocycles. The van der Waals surface area contributed by atoms with Crippen LogP contribution in [-0.2, 0) is 0 Å². The molecule has 0 aliphatic rings. The fourth-order valence-corrected chi connectivity index (χ4v) is 1.54. The molecule has 0 unspecified atom stereocenters. The Kier molecular flexibility index (Phi) is 3.11.